The predicted molar refractivity (Wildman–Crippen MR) is 47.2 cm³/mol. The smallest absolute Gasteiger partial charge is 0.334 e. The minimum absolute atomic E-state index is 0.00550. The second-order valence-electron chi connectivity index (χ2n) is 2.44. The van der Waals surface area contributed by atoms with Gasteiger partial charge in [-0.05, 0) is 13.8 Å². The van der Waals surface area contributed by atoms with E-state index in [-0.39, 0.29) is 17.8 Å². The van der Waals surface area contributed by atoms with Crippen LogP contribution in [-0.2, 0) is 14.3 Å². The number of aliphatic carboxylic acids is 1. The molecule has 0 bridgehead atoms. The second kappa shape index (κ2) is 5.13. The van der Waals surface area contributed by atoms with E-state index < -0.39 is 11.9 Å². The van der Waals surface area contributed by atoms with Gasteiger partial charge in [-0.2, -0.15) is 0 Å². The molecule has 13 heavy (non-hydrogen) atoms. The van der Waals surface area contributed by atoms with E-state index in [9.17, 15) is 9.59 Å². The topological polar surface area (TPSA) is 63.6 Å². The molecule has 0 aliphatic heterocycles. The molecule has 4 nitrogen and oxygen atoms in total. The van der Waals surface area contributed by atoms with Crippen molar-refractivity contribution in [2.45, 2.75) is 13.8 Å². The third-order valence-corrected chi connectivity index (χ3v) is 1.52. The Labute approximate surface area is 76.5 Å². The molecule has 0 atom stereocenters. The van der Waals surface area contributed by atoms with Gasteiger partial charge in [0.15, 0.2) is 0 Å². The van der Waals surface area contributed by atoms with E-state index in [4.69, 9.17) is 5.11 Å². The molecule has 0 aliphatic carbocycles. The molecule has 4 heteroatoms. The van der Waals surface area contributed by atoms with Gasteiger partial charge >= 0.3 is 11.9 Å². The molecule has 0 unspecified atom stereocenters. The van der Waals surface area contributed by atoms with Crippen molar-refractivity contribution in [1.82, 2.24) is 0 Å². The lowest BCUT2D eigenvalue weighted by atomic mass is 10.1. The van der Waals surface area contributed by atoms with Crippen LogP contribution in [0.4, 0.5) is 0 Å². The summed E-state index contributed by atoms with van der Waals surface area (Å²) in [5.74, 6) is -1.74. The summed E-state index contributed by atoms with van der Waals surface area (Å²) in [5.41, 5.74) is 0.100. The first-order chi connectivity index (χ1) is 6.00. The summed E-state index contributed by atoms with van der Waals surface area (Å²) >= 11 is 0. The van der Waals surface area contributed by atoms with E-state index >= 15 is 0 Å². The normalized spacial score (nSPS) is 11.5. The van der Waals surface area contributed by atoms with Crippen LogP contribution in [0.25, 0.3) is 0 Å². The Morgan fingerprint density at radius 3 is 2.31 bits per heavy atom. The Kier molecular flexibility index (Phi) is 4.51. The molecular weight excluding hydrogens is 172 g/mol. The third kappa shape index (κ3) is 3.55. The SMILES string of the molecule is C=CCOC(=O)C(C)=C(C)C(=O)O. The Balaban J connectivity index is 4.48. The molecule has 0 amide bonds. The highest BCUT2D eigenvalue weighted by molar-refractivity contribution is 5.98. The van der Waals surface area contributed by atoms with Gasteiger partial charge in [-0.25, -0.2) is 9.59 Å². The molecule has 0 aromatic carbocycles. The molecule has 0 heterocycles. The number of ether oxygens (including phenoxy) is 1. The van der Waals surface area contributed by atoms with E-state index in [1.54, 1.807) is 0 Å². The summed E-state index contributed by atoms with van der Waals surface area (Å²) < 4.78 is 4.65. The highest BCUT2D eigenvalue weighted by Gasteiger charge is 2.12. The first kappa shape index (κ1) is 11.4. The molecule has 0 aromatic heterocycles. The van der Waals surface area contributed by atoms with Crippen LogP contribution in [-0.4, -0.2) is 23.7 Å². The number of hydrogen-bond donors (Lipinski definition) is 1. The van der Waals surface area contributed by atoms with Gasteiger partial charge in [-0.3, -0.25) is 0 Å². The second-order valence-corrected chi connectivity index (χ2v) is 2.44. The lowest BCUT2D eigenvalue weighted by molar-refractivity contribution is -0.139. The minimum atomic E-state index is -1.12. The van der Waals surface area contributed by atoms with E-state index in [1.165, 1.54) is 19.9 Å². The summed E-state index contributed by atoms with van der Waals surface area (Å²) in [6.07, 6.45) is 1.42. The van der Waals surface area contributed by atoms with Crippen LogP contribution in [0, 0.1) is 0 Å². The van der Waals surface area contributed by atoms with Gasteiger partial charge in [-0.1, -0.05) is 12.7 Å². The summed E-state index contributed by atoms with van der Waals surface area (Å²) in [5, 5.41) is 8.54. The zero-order valence-corrected chi connectivity index (χ0v) is 7.66. The van der Waals surface area contributed by atoms with Crippen LogP contribution in [0.5, 0.6) is 0 Å². The number of rotatable bonds is 4. The molecular formula is C9H12O4. The molecule has 0 radical (unpaired) electrons. The zero-order chi connectivity index (χ0) is 10.4. The van der Waals surface area contributed by atoms with E-state index in [0.29, 0.717) is 0 Å². The van der Waals surface area contributed by atoms with Crippen molar-refractivity contribution in [3.63, 3.8) is 0 Å². The Morgan fingerprint density at radius 1 is 1.38 bits per heavy atom. The summed E-state index contributed by atoms with van der Waals surface area (Å²) in [4.78, 5) is 21.5. The first-order valence-electron chi connectivity index (χ1n) is 3.69. The third-order valence-electron chi connectivity index (χ3n) is 1.52. The molecule has 0 saturated heterocycles. The Hall–Kier alpha value is -1.58. The van der Waals surface area contributed by atoms with Crippen molar-refractivity contribution < 1.29 is 19.4 Å². The quantitative estimate of drug-likeness (QED) is 0.404. The van der Waals surface area contributed by atoms with E-state index in [2.05, 4.69) is 11.3 Å². The van der Waals surface area contributed by atoms with Crippen LogP contribution >= 0.6 is 0 Å². The molecule has 0 rings (SSSR count). The van der Waals surface area contributed by atoms with Crippen LogP contribution in [0.15, 0.2) is 23.8 Å². The van der Waals surface area contributed by atoms with Gasteiger partial charge in [0.1, 0.15) is 6.61 Å². The first-order valence-corrected chi connectivity index (χ1v) is 3.69. The fourth-order valence-electron chi connectivity index (χ4n) is 0.556. The number of esters is 1. The molecule has 0 fully saturated rings. The lowest BCUT2D eigenvalue weighted by Gasteiger charge is -2.03. The highest BCUT2D eigenvalue weighted by Crippen LogP contribution is 2.05. The largest absolute Gasteiger partial charge is 0.478 e. The van der Waals surface area contributed by atoms with Crippen molar-refractivity contribution in [3.05, 3.63) is 23.8 Å². The van der Waals surface area contributed by atoms with Crippen molar-refractivity contribution in [2.75, 3.05) is 6.61 Å². The predicted octanol–water partition coefficient (Wildman–Crippen LogP) is 1.14. The van der Waals surface area contributed by atoms with Gasteiger partial charge in [0.2, 0.25) is 0 Å². The molecule has 72 valence electrons. The zero-order valence-electron chi connectivity index (χ0n) is 7.66. The molecule has 1 N–H and O–H groups in total. The van der Waals surface area contributed by atoms with E-state index in [1.807, 2.05) is 0 Å². The Morgan fingerprint density at radius 2 is 1.92 bits per heavy atom. The van der Waals surface area contributed by atoms with Gasteiger partial charge in [-0.15, -0.1) is 0 Å². The van der Waals surface area contributed by atoms with Crippen molar-refractivity contribution in [1.29, 1.82) is 0 Å². The summed E-state index contributed by atoms with van der Waals surface area (Å²) in [6.45, 7) is 6.21. The number of carboxylic acids is 1. The minimum Gasteiger partial charge on any atom is -0.478 e. The van der Waals surface area contributed by atoms with Crippen LogP contribution < -0.4 is 0 Å². The average molecular weight is 184 g/mol. The maximum absolute atomic E-state index is 11.1. The Bertz CT molecular complexity index is 263. The van der Waals surface area contributed by atoms with Crippen LogP contribution in [0.2, 0.25) is 0 Å². The number of hydrogen-bond acceptors (Lipinski definition) is 3. The fraction of sp³-hybridized carbons (Fsp3) is 0.333. The molecule has 0 spiro atoms. The number of carbonyl (C=O) groups is 2. The number of carbonyl (C=O) groups excluding carboxylic acids is 1. The van der Waals surface area contributed by atoms with Gasteiger partial charge in [0, 0.05) is 11.1 Å². The fourth-order valence-corrected chi connectivity index (χ4v) is 0.556. The van der Waals surface area contributed by atoms with Gasteiger partial charge < -0.3 is 9.84 Å². The van der Waals surface area contributed by atoms with Gasteiger partial charge in [0.05, 0.1) is 0 Å². The maximum atomic E-state index is 11.1. The molecule has 0 saturated carbocycles. The van der Waals surface area contributed by atoms with Crippen molar-refractivity contribution >= 4 is 11.9 Å². The van der Waals surface area contributed by atoms with Crippen LogP contribution in [0.3, 0.4) is 0 Å². The average Bonchev–Trinajstić information content (AvgIpc) is 2.11. The van der Waals surface area contributed by atoms with Crippen molar-refractivity contribution in [2.24, 2.45) is 0 Å². The maximum Gasteiger partial charge on any atom is 0.334 e. The summed E-state index contributed by atoms with van der Waals surface area (Å²) in [6, 6.07) is 0. The van der Waals surface area contributed by atoms with Crippen LogP contribution in [0.1, 0.15) is 13.8 Å². The van der Waals surface area contributed by atoms with E-state index in [0.717, 1.165) is 0 Å². The highest BCUT2D eigenvalue weighted by atomic mass is 16.5. The number of carboxylic acid groups (broad SMARTS) is 1. The lowest BCUT2D eigenvalue weighted by Crippen LogP contribution is -2.10. The van der Waals surface area contributed by atoms with Crippen molar-refractivity contribution in [3.8, 4) is 0 Å². The summed E-state index contributed by atoms with van der Waals surface area (Å²) in [7, 11) is 0. The standard InChI is InChI=1S/C9H12O4/c1-4-5-13-9(12)7(3)6(2)8(10)11/h4H,1,5H2,2-3H3,(H,10,11). The molecule has 0 aliphatic rings. The molecule has 0 aromatic rings. The van der Waals surface area contributed by atoms with Gasteiger partial charge in [0.25, 0.3) is 0 Å². The monoisotopic (exact) mass is 184 g/mol.